The highest BCUT2D eigenvalue weighted by Crippen LogP contribution is 2.47. The molecular formula is C19H18ClFN2O3. The van der Waals surface area contributed by atoms with Gasteiger partial charge in [0.2, 0.25) is 5.91 Å². The molecule has 3 unspecified atom stereocenters. The lowest BCUT2D eigenvalue weighted by atomic mass is 10.1. The maximum absolute atomic E-state index is 13.5. The first kappa shape index (κ1) is 18.2. The highest BCUT2D eigenvalue weighted by molar-refractivity contribution is 6.30. The summed E-state index contributed by atoms with van der Waals surface area (Å²) in [5, 5.41) is 0.626. The smallest absolute Gasteiger partial charge is 0.279 e. The molecule has 2 N–H and O–H groups in total. The third-order valence-electron chi connectivity index (χ3n) is 4.22. The fourth-order valence-corrected chi connectivity index (χ4v) is 2.89. The summed E-state index contributed by atoms with van der Waals surface area (Å²) in [5.41, 5.74) is 5.71. The van der Waals surface area contributed by atoms with E-state index in [1.807, 2.05) is 18.2 Å². The van der Waals surface area contributed by atoms with Crippen molar-refractivity contribution in [1.29, 1.82) is 0 Å². The van der Waals surface area contributed by atoms with Gasteiger partial charge in [-0.1, -0.05) is 35.9 Å². The quantitative estimate of drug-likeness (QED) is 0.787. The number of carbonyl (C=O) groups is 2. The highest BCUT2D eigenvalue weighted by Gasteiger charge is 2.44. The Balaban J connectivity index is 1.47. The second-order valence-corrected chi connectivity index (χ2v) is 6.61. The Kier molecular flexibility index (Phi) is 5.42. The average Bonchev–Trinajstić information content (AvgIpc) is 3.42. The number of nitrogens with one attached hydrogen (secondary N) is 2. The lowest BCUT2D eigenvalue weighted by molar-refractivity contribution is -0.133. The lowest BCUT2D eigenvalue weighted by Crippen LogP contribution is -2.47. The molecule has 1 saturated carbocycles. The molecule has 0 aromatic heterocycles. The zero-order chi connectivity index (χ0) is 18.7. The van der Waals surface area contributed by atoms with Crippen LogP contribution in [0.1, 0.15) is 24.8 Å². The van der Waals surface area contributed by atoms with Gasteiger partial charge in [0.25, 0.3) is 5.91 Å². The van der Waals surface area contributed by atoms with Crippen LogP contribution in [0.2, 0.25) is 5.02 Å². The summed E-state index contributed by atoms with van der Waals surface area (Å²) >= 11 is 5.96. The second-order valence-electron chi connectivity index (χ2n) is 6.17. The number of carbonyl (C=O) groups excluding carboxylic acids is 2. The van der Waals surface area contributed by atoms with Gasteiger partial charge in [0.15, 0.2) is 17.7 Å². The summed E-state index contributed by atoms with van der Waals surface area (Å²) in [5.74, 6) is -1.54. The maximum Gasteiger partial charge on any atom is 0.279 e. The van der Waals surface area contributed by atoms with Crippen molar-refractivity contribution in [2.24, 2.45) is 5.92 Å². The Bertz CT molecular complexity index is 830. The van der Waals surface area contributed by atoms with Gasteiger partial charge in [0.1, 0.15) is 0 Å². The topological polar surface area (TPSA) is 67.4 Å². The largest absolute Gasteiger partial charge is 0.478 e. The molecule has 7 heteroatoms. The maximum atomic E-state index is 13.5. The Morgan fingerprint density at radius 2 is 1.96 bits per heavy atom. The molecule has 2 amide bonds. The molecule has 1 fully saturated rings. The van der Waals surface area contributed by atoms with E-state index in [0.717, 1.165) is 5.56 Å². The van der Waals surface area contributed by atoms with Crippen LogP contribution in [0.15, 0.2) is 48.5 Å². The minimum absolute atomic E-state index is 0.0234. The molecular weight excluding hydrogens is 359 g/mol. The van der Waals surface area contributed by atoms with E-state index < -0.39 is 17.8 Å². The van der Waals surface area contributed by atoms with Crippen LogP contribution in [0, 0.1) is 11.7 Å². The first-order valence-electron chi connectivity index (χ1n) is 8.22. The Morgan fingerprint density at radius 3 is 2.69 bits per heavy atom. The molecule has 1 aliphatic carbocycles. The fraction of sp³-hybridized carbons (Fsp3) is 0.263. The highest BCUT2D eigenvalue weighted by atomic mass is 35.5. The van der Waals surface area contributed by atoms with Crippen LogP contribution >= 0.6 is 11.6 Å². The Labute approximate surface area is 155 Å². The number of ether oxygens (including phenoxy) is 1. The number of halogens is 2. The summed E-state index contributed by atoms with van der Waals surface area (Å²) in [6, 6.07) is 13.2. The molecule has 2 aromatic carbocycles. The normalized spacial score (nSPS) is 19.3. The van der Waals surface area contributed by atoms with Crippen molar-refractivity contribution >= 4 is 23.4 Å². The molecule has 0 saturated heterocycles. The number of para-hydroxylation sites is 1. The second kappa shape index (κ2) is 7.74. The van der Waals surface area contributed by atoms with Crippen molar-refractivity contribution in [3.8, 4) is 5.75 Å². The van der Waals surface area contributed by atoms with E-state index in [9.17, 15) is 14.0 Å². The molecule has 136 valence electrons. The van der Waals surface area contributed by atoms with E-state index in [2.05, 4.69) is 10.9 Å². The third kappa shape index (κ3) is 4.32. The van der Waals surface area contributed by atoms with Crippen molar-refractivity contribution in [1.82, 2.24) is 10.9 Å². The van der Waals surface area contributed by atoms with Gasteiger partial charge in [-0.25, -0.2) is 4.39 Å². The van der Waals surface area contributed by atoms with Gasteiger partial charge in [-0.05, 0) is 49.1 Å². The van der Waals surface area contributed by atoms with Gasteiger partial charge in [-0.3, -0.25) is 20.4 Å². The number of hydrogen-bond acceptors (Lipinski definition) is 3. The van der Waals surface area contributed by atoms with Gasteiger partial charge in [-0.2, -0.15) is 0 Å². The SMILES string of the molecule is CC(Oc1ccccc1F)C(=O)NNC(=O)C1CC1c1cccc(Cl)c1. The van der Waals surface area contributed by atoms with Crippen molar-refractivity contribution in [2.75, 3.05) is 0 Å². The monoisotopic (exact) mass is 376 g/mol. The molecule has 0 bridgehead atoms. The van der Waals surface area contributed by atoms with Crippen LogP contribution in [-0.4, -0.2) is 17.9 Å². The Morgan fingerprint density at radius 1 is 1.19 bits per heavy atom. The third-order valence-corrected chi connectivity index (χ3v) is 4.46. The summed E-state index contributed by atoms with van der Waals surface area (Å²) in [4.78, 5) is 24.2. The van der Waals surface area contributed by atoms with Crippen LogP contribution in [0.4, 0.5) is 4.39 Å². The molecule has 0 aliphatic heterocycles. The minimum Gasteiger partial charge on any atom is -0.478 e. The van der Waals surface area contributed by atoms with Crippen molar-refractivity contribution < 1.29 is 18.7 Å². The molecule has 2 aromatic rings. The van der Waals surface area contributed by atoms with E-state index in [1.54, 1.807) is 12.1 Å². The van der Waals surface area contributed by atoms with Gasteiger partial charge in [0.05, 0.1) is 0 Å². The number of amides is 2. The number of rotatable bonds is 5. The van der Waals surface area contributed by atoms with Crippen molar-refractivity contribution in [2.45, 2.75) is 25.4 Å². The van der Waals surface area contributed by atoms with E-state index in [0.29, 0.717) is 11.4 Å². The zero-order valence-electron chi connectivity index (χ0n) is 14.0. The first-order chi connectivity index (χ1) is 12.5. The lowest BCUT2D eigenvalue weighted by Gasteiger charge is -2.15. The van der Waals surface area contributed by atoms with Crippen molar-refractivity contribution in [3.05, 3.63) is 64.9 Å². The molecule has 0 radical (unpaired) electrons. The summed E-state index contributed by atoms with van der Waals surface area (Å²) in [6.07, 6.45) is -0.265. The standard InChI is InChI=1S/C19H18ClFN2O3/c1-11(26-17-8-3-2-7-16(17)21)18(24)22-23-19(25)15-10-14(15)12-5-4-6-13(20)9-12/h2-9,11,14-15H,10H2,1H3,(H,22,24)(H,23,25). The zero-order valence-corrected chi connectivity index (χ0v) is 14.8. The van der Waals surface area contributed by atoms with Gasteiger partial charge < -0.3 is 4.74 Å². The predicted molar refractivity (Wildman–Crippen MR) is 95.1 cm³/mol. The average molecular weight is 377 g/mol. The molecule has 0 heterocycles. The van der Waals surface area contributed by atoms with E-state index in [1.165, 1.54) is 25.1 Å². The number of hydrogen-bond donors (Lipinski definition) is 2. The number of benzene rings is 2. The van der Waals surface area contributed by atoms with Crippen LogP contribution in [0.25, 0.3) is 0 Å². The van der Waals surface area contributed by atoms with Crippen LogP contribution < -0.4 is 15.6 Å². The molecule has 0 spiro atoms. The molecule has 3 atom stereocenters. The van der Waals surface area contributed by atoms with Crippen LogP contribution in [0.5, 0.6) is 5.75 Å². The predicted octanol–water partition coefficient (Wildman–Crippen LogP) is 3.20. The van der Waals surface area contributed by atoms with Gasteiger partial charge in [0, 0.05) is 10.9 Å². The first-order valence-corrected chi connectivity index (χ1v) is 8.60. The fourth-order valence-electron chi connectivity index (χ4n) is 2.69. The van der Waals surface area contributed by atoms with Gasteiger partial charge in [-0.15, -0.1) is 0 Å². The molecule has 26 heavy (non-hydrogen) atoms. The van der Waals surface area contributed by atoms with Gasteiger partial charge >= 0.3 is 0 Å². The Hall–Kier alpha value is -2.60. The number of hydrazine groups is 1. The summed E-state index contributed by atoms with van der Waals surface area (Å²) < 4.78 is 18.8. The van der Waals surface area contributed by atoms with E-state index >= 15 is 0 Å². The summed E-state index contributed by atoms with van der Waals surface area (Å²) in [6.45, 7) is 1.47. The molecule has 3 rings (SSSR count). The van der Waals surface area contributed by atoms with Crippen LogP contribution in [0.3, 0.4) is 0 Å². The summed E-state index contributed by atoms with van der Waals surface area (Å²) in [7, 11) is 0. The van der Waals surface area contributed by atoms with E-state index in [-0.39, 0.29) is 23.5 Å². The minimum atomic E-state index is -0.963. The van der Waals surface area contributed by atoms with E-state index in [4.69, 9.17) is 16.3 Å². The van der Waals surface area contributed by atoms with Crippen molar-refractivity contribution in [3.63, 3.8) is 0 Å². The molecule has 5 nitrogen and oxygen atoms in total. The van der Waals surface area contributed by atoms with Crippen LogP contribution in [-0.2, 0) is 9.59 Å². The molecule has 1 aliphatic rings.